The highest BCUT2D eigenvalue weighted by atomic mass is 16.5. The number of nitrogens with zero attached hydrogens (tertiary/aromatic N) is 2. The number of piperidine rings is 1. The Morgan fingerprint density at radius 3 is 2.50 bits per heavy atom. The summed E-state index contributed by atoms with van der Waals surface area (Å²) in [5.74, 6) is -0.107. The molecule has 2 saturated heterocycles. The smallest absolute Gasteiger partial charge is 0.325 e. The maximum Gasteiger partial charge on any atom is 0.325 e. The fraction of sp³-hybridized carbons (Fsp3) is 0.800. The summed E-state index contributed by atoms with van der Waals surface area (Å²) in [7, 11) is 0. The molecule has 0 bridgehead atoms. The third-order valence-corrected chi connectivity index (χ3v) is 4.25. The lowest BCUT2D eigenvalue weighted by atomic mass is 9.94. The van der Waals surface area contributed by atoms with Gasteiger partial charge in [-0.2, -0.15) is 0 Å². The topological polar surface area (TPSA) is 79.0 Å². The maximum atomic E-state index is 12.1. The van der Waals surface area contributed by atoms with Crippen molar-refractivity contribution in [2.75, 3.05) is 45.9 Å². The van der Waals surface area contributed by atoms with E-state index in [0.717, 1.165) is 32.4 Å². The fourth-order valence-electron chi connectivity index (χ4n) is 2.92. The lowest BCUT2D eigenvalue weighted by Gasteiger charge is -2.34. The zero-order valence-corrected chi connectivity index (χ0v) is 13.2. The summed E-state index contributed by atoms with van der Waals surface area (Å²) in [6, 6.07) is 0. The van der Waals surface area contributed by atoms with Crippen molar-refractivity contribution in [3.63, 3.8) is 0 Å². The molecule has 2 aliphatic heterocycles. The van der Waals surface area contributed by atoms with Gasteiger partial charge < -0.3 is 19.9 Å². The van der Waals surface area contributed by atoms with Crippen LogP contribution in [0.25, 0.3) is 0 Å². The van der Waals surface area contributed by atoms with Gasteiger partial charge in [-0.05, 0) is 45.2 Å². The number of carbonyl (C=O) groups excluding carboxylic acids is 3. The number of amides is 2. The van der Waals surface area contributed by atoms with Gasteiger partial charge in [0.05, 0.1) is 13.2 Å². The second-order valence-corrected chi connectivity index (χ2v) is 5.85. The summed E-state index contributed by atoms with van der Waals surface area (Å²) in [4.78, 5) is 38.5. The Kier molecular flexibility index (Phi) is 6.18. The van der Waals surface area contributed by atoms with Crippen LogP contribution in [-0.2, 0) is 19.1 Å². The number of esters is 1. The summed E-state index contributed by atoms with van der Waals surface area (Å²) < 4.78 is 4.82. The number of carbonyl (C=O) groups is 3. The predicted molar refractivity (Wildman–Crippen MR) is 80.0 cm³/mol. The second-order valence-electron chi connectivity index (χ2n) is 5.85. The molecule has 2 amide bonds. The van der Waals surface area contributed by atoms with Crippen LogP contribution in [0.2, 0.25) is 0 Å². The average molecular weight is 311 g/mol. The Morgan fingerprint density at radius 2 is 1.82 bits per heavy atom. The third kappa shape index (κ3) is 4.69. The first-order chi connectivity index (χ1) is 10.6. The Bertz CT molecular complexity index is 421. The number of hydrogen-bond donors (Lipinski definition) is 1. The van der Waals surface area contributed by atoms with Crippen LogP contribution >= 0.6 is 0 Å². The van der Waals surface area contributed by atoms with Crippen LogP contribution in [0.4, 0.5) is 0 Å². The van der Waals surface area contributed by atoms with Crippen LogP contribution in [0.5, 0.6) is 0 Å². The normalized spacial score (nSPS) is 20.4. The van der Waals surface area contributed by atoms with E-state index in [9.17, 15) is 14.4 Å². The van der Waals surface area contributed by atoms with Crippen molar-refractivity contribution in [1.82, 2.24) is 15.1 Å². The molecule has 2 rings (SSSR count). The molecule has 0 aromatic carbocycles. The summed E-state index contributed by atoms with van der Waals surface area (Å²) in [5, 5.41) is 3.32. The molecule has 0 atom stereocenters. The maximum absolute atomic E-state index is 12.1. The summed E-state index contributed by atoms with van der Waals surface area (Å²) in [6.07, 6.45) is 3.20. The summed E-state index contributed by atoms with van der Waals surface area (Å²) in [6.45, 7) is 4.59. The van der Waals surface area contributed by atoms with Gasteiger partial charge in [-0.3, -0.25) is 14.4 Å². The molecule has 0 spiro atoms. The van der Waals surface area contributed by atoms with Gasteiger partial charge in [0.15, 0.2) is 0 Å². The quantitative estimate of drug-likeness (QED) is 0.676. The molecule has 0 aromatic rings. The number of hydrogen-bond acceptors (Lipinski definition) is 5. The Balaban J connectivity index is 1.78. The number of ether oxygens (including phenoxy) is 1. The lowest BCUT2D eigenvalue weighted by Crippen LogP contribution is -2.55. The minimum absolute atomic E-state index is 0.0239. The van der Waals surface area contributed by atoms with E-state index in [1.54, 1.807) is 11.8 Å². The van der Waals surface area contributed by atoms with Crippen molar-refractivity contribution in [2.24, 2.45) is 5.92 Å². The first-order valence-electron chi connectivity index (χ1n) is 8.02. The third-order valence-electron chi connectivity index (χ3n) is 4.25. The number of rotatable bonds is 6. The minimum Gasteiger partial charge on any atom is -0.465 e. The first-order valence-corrected chi connectivity index (χ1v) is 8.02. The van der Waals surface area contributed by atoms with Crippen LogP contribution in [0.3, 0.4) is 0 Å². The Hall–Kier alpha value is -1.63. The van der Waals surface area contributed by atoms with E-state index in [4.69, 9.17) is 4.74 Å². The molecule has 2 heterocycles. The molecular formula is C15H25N3O4. The Morgan fingerprint density at radius 1 is 1.18 bits per heavy atom. The minimum atomic E-state index is -0.466. The first kappa shape index (κ1) is 16.7. The van der Waals surface area contributed by atoms with Crippen LogP contribution < -0.4 is 5.32 Å². The van der Waals surface area contributed by atoms with Crippen molar-refractivity contribution >= 4 is 17.8 Å². The van der Waals surface area contributed by atoms with Crippen LogP contribution in [0.15, 0.2) is 0 Å². The summed E-state index contributed by atoms with van der Waals surface area (Å²) >= 11 is 0. The highest BCUT2D eigenvalue weighted by molar-refractivity contribution is 5.94. The second kappa shape index (κ2) is 8.12. The molecule has 0 unspecified atom stereocenters. The number of piperazine rings is 1. The predicted octanol–water partition coefficient (Wildman–Crippen LogP) is -0.390. The zero-order valence-electron chi connectivity index (χ0n) is 13.2. The van der Waals surface area contributed by atoms with Gasteiger partial charge in [-0.15, -0.1) is 0 Å². The Labute approximate surface area is 131 Å². The molecule has 0 aliphatic carbocycles. The van der Waals surface area contributed by atoms with Crippen LogP contribution in [-0.4, -0.2) is 73.5 Å². The van der Waals surface area contributed by atoms with Gasteiger partial charge in [0.25, 0.3) is 0 Å². The molecule has 0 aromatic heterocycles. The molecule has 2 aliphatic rings. The van der Waals surface area contributed by atoms with E-state index >= 15 is 0 Å². The zero-order chi connectivity index (χ0) is 15.9. The molecule has 1 N–H and O–H groups in total. The SMILES string of the molecule is CCOC(=O)CN1CC(=O)N(CCC2CCNCC2)CC1=O. The van der Waals surface area contributed by atoms with E-state index in [1.165, 1.54) is 4.90 Å². The van der Waals surface area contributed by atoms with Gasteiger partial charge in [0.1, 0.15) is 13.1 Å². The van der Waals surface area contributed by atoms with E-state index < -0.39 is 5.97 Å². The molecule has 22 heavy (non-hydrogen) atoms. The highest BCUT2D eigenvalue weighted by Gasteiger charge is 2.31. The van der Waals surface area contributed by atoms with Gasteiger partial charge in [-0.1, -0.05) is 0 Å². The van der Waals surface area contributed by atoms with Crippen LogP contribution in [0, 0.1) is 5.92 Å². The van der Waals surface area contributed by atoms with Crippen molar-refractivity contribution < 1.29 is 19.1 Å². The molecular weight excluding hydrogens is 286 g/mol. The molecule has 124 valence electrons. The molecule has 0 radical (unpaired) electrons. The van der Waals surface area contributed by atoms with Crippen molar-refractivity contribution in [3.8, 4) is 0 Å². The molecule has 7 heteroatoms. The van der Waals surface area contributed by atoms with Crippen molar-refractivity contribution in [1.29, 1.82) is 0 Å². The molecule has 7 nitrogen and oxygen atoms in total. The van der Waals surface area contributed by atoms with Crippen molar-refractivity contribution in [2.45, 2.75) is 26.2 Å². The van der Waals surface area contributed by atoms with Gasteiger partial charge in [0, 0.05) is 6.54 Å². The van der Waals surface area contributed by atoms with Gasteiger partial charge in [-0.25, -0.2) is 0 Å². The molecule has 0 saturated carbocycles. The number of nitrogens with one attached hydrogen (secondary N) is 1. The van der Waals surface area contributed by atoms with Crippen LogP contribution in [0.1, 0.15) is 26.2 Å². The lowest BCUT2D eigenvalue weighted by molar-refractivity contribution is -0.156. The van der Waals surface area contributed by atoms with E-state index in [-0.39, 0.29) is 38.1 Å². The monoisotopic (exact) mass is 311 g/mol. The van der Waals surface area contributed by atoms with Gasteiger partial charge >= 0.3 is 5.97 Å². The van der Waals surface area contributed by atoms with E-state index in [1.807, 2.05) is 0 Å². The standard InChI is InChI=1S/C15H25N3O4/c1-2-22-15(21)11-18-10-13(19)17(9-14(18)20)8-5-12-3-6-16-7-4-12/h12,16H,2-11H2,1H3. The fourth-order valence-corrected chi connectivity index (χ4v) is 2.92. The largest absolute Gasteiger partial charge is 0.465 e. The van der Waals surface area contributed by atoms with Crippen molar-refractivity contribution in [3.05, 3.63) is 0 Å². The molecule has 2 fully saturated rings. The van der Waals surface area contributed by atoms with E-state index in [0.29, 0.717) is 12.5 Å². The van der Waals surface area contributed by atoms with Gasteiger partial charge in [0.2, 0.25) is 11.8 Å². The highest BCUT2D eigenvalue weighted by Crippen LogP contribution is 2.17. The van der Waals surface area contributed by atoms with E-state index in [2.05, 4.69) is 5.32 Å². The average Bonchev–Trinajstić information content (AvgIpc) is 2.50. The summed E-state index contributed by atoms with van der Waals surface area (Å²) in [5.41, 5.74) is 0.